The number of rotatable bonds is 10. The average Bonchev–Trinajstić information content (AvgIpc) is 2.92. The third kappa shape index (κ3) is 6.21. The number of urea groups is 1. The number of hydrogen-bond acceptors (Lipinski definition) is 6. The number of anilines is 1. The topological polar surface area (TPSA) is 94.2 Å². The van der Waals surface area contributed by atoms with E-state index < -0.39 is 17.8 Å². The van der Waals surface area contributed by atoms with Gasteiger partial charge in [-0.15, -0.1) is 0 Å². The van der Waals surface area contributed by atoms with Crippen LogP contribution in [0.4, 0.5) is 10.5 Å². The Balaban J connectivity index is 1.52. The molecule has 1 aliphatic heterocycles. The highest BCUT2D eigenvalue weighted by atomic mass is 16.5. The number of ether oxygens (including phenoxy) is 3. The maximum atomic E-state index is 13.2. The van der Waals surface area contributed by atoms with Crippen LogP contribution in [0.2, 0.25) is 0 Å². The van der Waals surface area contributed by atoms with Crippen molar-refractivity contribution >= 4 is 29.6 Å². The van der Waals surface area contributed by atoms with Crippen molar-refractivity contribution in [1.29, 1.82) is 0 Å². The van der Waals surface area contributed by atoms with Gasteiger partial charge in [0, 0.05) is 0 Å². The molecule has 1 fully saturated rings. The highest BCUT2D eigenvalue weighted by Gasteiger charge is 2.36. The molecule has 3 aromatic carbocycles. The van der Waals surface area contributed by atoms with Crippen molar-refractivity contribution in [3.05, 3.63) is 89.0 Å². The zero-order valence-electron chi connectivity index (χ0n) is 21.7. The standard InChI is InChI=1S/C30H30N2O6/c1-4-5-16-37-24-13-11-23(12-14-24)32-29(34)25(28(33)31-30(32)35)17-22-10-15-26(27(18-22)36-3)38-19-21-8-6-20(2)7-9-21/h6-15,17-18H,4-5,16,19H2,1-3H3,(H,31,33,35)/b25-17-. The molecule has 1 N–H and O–H groups in total. The molecule has 0 spiro atoms. The van der Waals surface area contributed by atoms with Crippen LogP contribution < -0.4 is 24.4 Å². The number of carbonyl (C=O) groups excluding carboxylic acids is 3. The minimum Gasteiger partial charge on any atom is -0.494 e. The van der Waals surface area contributed by atoms with Gasteiger partial charge in [0.05, 0.1) is 19.4 Å². The molecule has 8 heteroatoms. The summed E-state index contributed by atoms with van der Waals surface area (Å²) in [5, 5.41) is 2.24. The van der Waals surface area contributed by atoms with Gasteiger partial charge in [-0.3, -0.25) is 14.9 Å². The third-order valence-corrected chi connectivity index (χ3v) is 5.98. The van der Waals surface area contributed by atoms with Crippen LogP contribution in [0.5, 0.6) is 17.2 Å². The molecule has 0 atom stereocenters. The molecule has 4 amide bonds. The summed E-state index contributed by atoms with van der Waals surface area (Å²) in [4.78, 5) is 39.3. The lowest BCUT2D eigenvalue weighted by Gasteiger charge is -2.26. The largest absolute Gasteiger partial charge is 0.494 e. The Morgan fingerprint density at radius 1 is 0.895 bits per heavy atom. The number of aryl methyl sites for hydroxylation is 1. The SMILES string of the molecule is CCCCOc1ccc(N2C(=O)NC(=O)/C(=C/c3ccc(OCc4ccc(C)cc4)c(OC)c3)C2=O)cc1. The maximum Gasteiger partial charge on any atom is 0.335 e. The summed E-state index contributed by atoms with van der Waals surface area (Å²) in [7, 11) is 1.51. The monoisotopic (exact) mass is 514 g/mol. The second-order valence-electron chi connectivity index (χ2n) is 8.84. The van der Waals surface area contributed by atoms with E-state index in [1.807, 2.05) is 31.2 Å². The highest BCUT2D eigenvalue weighted by molar-refractivity contribution is 6.39. The van der Waals surface area contributed by atoms with Crippen LogP contribution in [-0.2, 0) is 16.2 Å². The fraction of sp³-hybridized carbons (Fsp3) is 0.233. The molecule has 0 unspecified atom stereocenters. The smallest absolute Gasteiger partial charge is 0.335 e. The van der Waals surface area contributed by atoms with E-state index in [0.29, 0.717) is 41.7 Å². The lowest BCUT2D eigenvalue weighted by atomic mass is 10.1. The van der Waals surface area contributed by atoms with E-state index >= 15 is 0 Å². The van der Waals surface area contributed by atoms with E-state index in [1.54, 1.807) is 42.5 Å². The molecule has 0 bridgehead atoms. The summed E-state index contributed by atoms with van der Waals surface area (Å²) in [6.07, 6.45) is 3.36. The van der Waals surface area contributed by atoms with Gasteiger partial charge in [-0.1, -0.05) is 49.2 Å². The Bertz CT molecular complexity index is 1350. The molecule has 1 saturated heterocycles. The zero-order chi connectivity index (χ0) is 27.1. The van der Waals surface area contributed by atoms with E-state index in [2.05, 4.69) is 12.2 Å². The molecule has 38 heavy (non-hydrogen) atoms. The van der Waals surface area contributed by atoms with Crippen LogP contribution in [-0.4, -0.2) is 31.6 Å². The van der Waals surface area contributed by atoms with Crippen molar-refractivity contribution in [3.63, 3.8) is 0 Å². The van der Waals surface area contributed by atoms with Crippen LogP contribution in [0, 0.1) is 6.92 Å². The lowest BCUT2D eigenvalue weighted by molar-refractivity contribution is -0.122. The Hall–Kier alpha value is -4.59. The molecular weight excluding hydrogens is 484 g/mol. The highest BCUT2D eigenvalue weighted by Crippen LogP contribution is 2.31. The molecule has 0 radical (unpaired) electrons. The molecule has 1 aliphatic rings. The van der Waals surface area contributed by atoms with Crippen molar-refractivity contribution in [2.45, 2.75) is 33.3 Å². The second kappa shape index (κ2) is 12.1. The molecule has 4 rings (SSSR count). The second-order valence-corrected chi connectivity index (χ2v) is 8.84. The first-order valence-electron chi connectivity index (χ1n) is 12.4. The van der Waals surface area contributed by atoms with Gasteiger partial charge in [0.1, 0.15) is 17.9 Å². The number of methoxy groups -OCH3 is 1. The number of benzene rings is 3. The number of nitrogens with one attached hydrogen (secondary N) is 1. The average molecular weight is 515 g/mol. The number of hydrogen-bond donors (Lipinski definition) is 1. The summed E-state index contributed by atoms with van der Waals surface area (Å²) in [6, 6.07) is 18.9. The predicted molar refractivity (Wildman–Crippen MR) is 144 cm³/mol. The molecule has 8 nitrogen and oxygen atoms in total. The molecule has 0 aliphatic carbocycles. The zero-order valence-corrected chi connectivity index (χ0v) is 21.7. The van der Waals surface area contributed by atoms with Gasteiger partial charge in [0.2, 0.25) is 0 Å². The number of unbranched alkanes of at least 4 members (excludes halogenated alkanes) is 1. The molecule has 3 aromatic rings. The fourth-order valence-electron chi connectivity index (χ4n) is 3.82. The van der Waals surface area contributed by atoms with Crippen LogP contribution in [0.15, 0.2) is 72.3 Å². The fourth-order valence-corrected chi connectivity index (χ4v) is 3.82. The third-order valence-electron chi connectivity index (χ3n) is 5.98. The normalized spacial score (nSPS) is 14.4. The minimum atomic E-state index is -0.811. The first-order chi connectivity index (χ1) is 18.4. The van der Waals surface area contributed by atoms with E-state index in [9.17, 15) is 14.4 Å². The van der Waals surface area contributed by atoms with Crippen molar-refractivity contribution in [2.75, 3.05) is 18.6 Å². The van der Waals surface area contributed by atoms with Gasteiger partial charge in [-0.2, -0.15) is 0 Å². The van der Waals surface area contributed by atoms with Crippen molar-refractivity contribution < 1.29 is 28.6 Å². The number of nitrogens with zero attached hydrogens (tertiary/aromatic N) is 1. The Labute approximate surface area is 221 Å². The predicted octanol–water partition coefficient (Wildman–Crippen LogP) is 5.43. The summed E-state index contributed by atoms with van der Waals surface area (Å²) in [5.74, 6) is 0.108. The molecule has 0 saturated carbocycles. The Kier molecular flexibility index (Phi) is 8.43. The summed E-state index contributed by atoms with van der Waals surface area (Å²) >= 11 is 0. The van der Waals surface area contributed by atoms with Gasteiger partial charge in [-0.05, 0) is 66.9 Å². The minimum absolute atomic E-state index is 0.178. The maximum absolute atomic E-state index is 13.2. The summed E-state index contributed by atoms with van der Waals surface area (Å²) in [6.45, 7) is 5.04. The Morgan fingerprint density at radius 2 is 1.63 bits per heavy atom. The number of carbonyl (C=O) groups is 3. The molecule has 1 heterocycles. The first kappa shape index (κ1) is 26.5. The van der Waals surface area contributed by atoms with Crippen molar-refractivity contribution in [1.82, 2.24) is 5.32 Å². The van der Waals surface area contributed by atoms with Crippen LogP contribution >= 0.6 is 0 Å². The van der Waals surface area contributed by atoms with E-state index in [-0.39, 0.29) is 5.57 Å². The number of amides is 4. The van der Waals surface area contributed by atoms with Crippen molar-refractivity contribution in [3.8, 4) is 17.2 Å². The quantitative estimate of drug-likeness (QED) is 0.220. The molecule has 0 aromatic heterocycles. The van der Waals surface area contributed by atoms with E-state index in [0.717, 1.165) is 23.3 Å². The number of barbiturate groups is 1. The van der Waals surface area contributed by atoms with Crippen LogP contribution in [0.25, 0.3) is 6.08 Å². The van der Waals surface area contributed by atoms with Gasteiger partial charge < -0.3 is 14.2 Å². The Morgan fingerprint density at radius 3 is 2.32 bits per heavy atom. The van der Waals surface area contributed by atoms with E-state index in [1.165, 1.54) is 18.7 Å². The van der Waals surface area contributed by atoms with Crippen LogP contribution in [0.1, 0.15) is 36.5 Å². The van der Waals surface area contributed by atoms with Gasteiger partial charge >= 0.3 is 6.03 Å². The van der Waals surface area contributed by atoms with Gasteiger partial charge in [-0.25, -0.2) is 9.69 Å². The lowest BCUT2D eigenvalue weighted by Crippen LogP contribution is -2.54. The van der Waals surface area contributed by atoms with Crippen LogP contribution in [0.3, 0.4) is 0 Å². The molecular formula is C30H30N2O6. The number of imide groups is 2. The van der Waals surface area contributed by atoms with Crippen molar-refractivity contribution in [2.24, 2.45) is 0 Å². The van der Waals surface area contributed by atoms with Gasteiger partial charge in [0.15, 0.2) is 11.5 Å². The van der Waals surface area contributed by atoms with E-state index in [4.69, 9.17) is 14.2 Å². The summed E-state index contributed by atoms with van der Waals surface area (Å²) < 4.78 is 17.0. The summed E-state index contributed by atoms with van der Waals surface area (Å²) in [5.41, 5.74) is 2.86. The van der Waals surface area contributed by atoms with Gasteiger partial charge in [0.25, 0.3) is 11.8 Å². The molecule has 196 valence electrons. The first-order valence-corrected chi connectivity index (χ1v) is 12.4.